The summed E-state index contributed by atoms with van der Waals surface area (Å²) in [5, 5.41) is 6.57. The third kappa shape index (κ3) is 5.07. The Morgan fingerprint density at radius 3 is 1.69 bits per heavy atom. The van der Waals surface area contributed by atoms with Gasteiger partial charge in [0.1, 0.15) is 5.58 Å². The standard InChI is InChI=1S/C47H30N4O/c1-4-16-33(17-5-1)45-48-46(34-18-6-2-7-19-34)50-47(49-45)39-27-28-40(44-43(39)42-38-23-13-12-15-32(38)25-29-41(42)52-44)51(36-21-8-3-9-22-36)37-26-24-31-14-10-11-20-35(31)30-37/h1-30H. The van der Waals surface area contributed by atoms with Crippen molar-refractivity contribution in [3.05, 3.63) is 182 Å². The predicted octanol–water partition coefficient (Wildman–Crippen LogP) is 12.5. The SMILES string of the molecule is c1ccc(-c2nc(-c3ccccc3)nc(-c3ccc(N(c4ccccc4)c4ccc5ccccc5c4)c4oc5ccc6ccccc6c5c34)n2)cc1. The first kappa shape index (κ1) is 29.8. The molecule has 0 amide bonds. The molecule has 52 heavy (non-hydrogen) atoms. The van der Waals surface area contributed by atoms with Crippen LogP contribution in [0.2, 0.25) is 0 Å². The Hall–Kier alpha value is -7.11. The zero-order chi connectivity index (χ0) is 34.4. The largest absolute Gasteiger partial charge is 0.454 e. The topological polar surface area (TPSA) is 55.1 Å². The first-order chi connectivity index (χ1) is 25.8. The van der Waals surface area contributed by atoms with Crippen molar-refractivity contribution in [3.8, 4) is 34.2 Å². The van der Waals surface area contributed by atoms with Gasteiger partial charge in [0, 0.05) is 38.8 Å². The van der Waals surface area contributed by atoms with Crippen molar-refractivity contribution in [2.24, 2.45) is 0 Å². The predicted molar refractivity (Wildman–Crippen MR) is 213 cm³/mol. The lowest BCUT2D eigenvalue weighted by Crippen LogP contribution is -2.10. The van der Waals surface area contributed by atoms with E-state index in [4.69, 9.17) is 19.4 Å². The number of para-hydroxylation sites is 1. The molecular weight excluding hydrogens is 637 g/mol. The van der Waals surface area contributed by atoms with Gasteiger partial charge in [-0.2, -0.15) is 0 Å². The number of hydrogen-bond donors (Lipinski definition) is 0. The van der Waals surface area contributed by atoms with E-state index in [0.29, 0.717) is 17.5 Å². The summed E-state index contributed by atoms with van der Waals surface area (Å²) in [6.45, 7) is 0. The van der Waals surface area contributed by atoms with E-state index < -0.39 is 0 Å². The van der Waals surface area contributed by atoms with E-state index in [2.05, 4.69) is 120 Å². The zero-order valence-corrected chi connectivity index (χ0v) is 28.0. The summed E-state index contributed by atoms with van der Waals surface area (Å²) in [6.07, 6.45) is 0. The second-order valence-corrected chi connectivity index (χ2v) is 12.8. The molecule has 10 aromatic rings. The average molecular weight is 667 g/mol. The number of aromatic nitrogens is 3. The van der Waals surface area contributed by atoms with Gasteiger partial charge in [0.2, 0.25) is 0 Å². The summed E-state index contributed by atoms with van der Waals surface area (Å²) in [4.78, 5) is 17.6. The Bertz CT molecular complexity index is 2850. The minimum absolute atomic E-state index is 0.580. The molecule has 0 spiro atoms. The number of furan rings is 1. The molecule has 5 heteroatoms. The Morgan fingerprint density at radius 1 is 0.404 bits per heavy atom. The van der Waals surface area contributed by atoms with Crippen LogP contribution in [0.4, 0.5) is 17.1 Å². The third-order valence-electron chi connectivity index (χ3n) is 9.68. The molecule has 2 aromatic heterocycles. The van der Waals surface area contributed by atoms with Crippen LogP contribution in [0.15, 0.2) is 186 Å². The van der Waals surface area contributed by atoms with E-state index in [-0.39, 0.29) is 0 Å². The van der Waals surface area contributed by atoms with Crippen LogP contribution in [0.25, 0.3) is 77.6 Å². The minimum atomic E-state index is 0.580. The van der Waals surface area contributed by atoms with E-state index >= 15 is 0 Å². The van der Waals surface area contributed by atoms with Crippen LogP contribution in [0, 0.1) is 0 Å². The van der Waals surface area contributed by atoms with Gasteiger partial charge in [-0.3, -0.25) is 0 Å². The van der Waals surface area contributed by atoms with Gasteiger partial charge in [0.05, 0.1) is 5.69 Å². The van der Waals surface area contributed by atoms with Gasteiger partial charge in [-0.25, -0.2) is 15.0 Å². The van der Waals surface area contributed by atoms with Gasteiger partial charge in [0.25, 0.3) is 0 Å². The van der Waals surface area contributed by atoms with Crippen molar-refractivity contribution in [3.63, 3.8) is 0 Å². The monoisotopic (exact) mass is 666 g/mol. The molecule has 0 N–H and O–H groups in total. The molecule has 0 aliphatic carbocycles. The minimum Gasteiger partial charge on any atom is -0.454 e. The van der Waals surface area contributed by atoms with Gasteiger partial charge < -0.3 is 9.32 Å². The molecule has 0 aliphatic rings. The molecule has 0 atom stereocenters. The molecule has 0 fully saturated rings. The fourth-order valence-corrected chi connectivity index (χ4v) is 7.24. The fourth-order valence-electron chi connectivity index (χ4n) is 7.24. The maximum Gasteiger partial charge on any atom is 0.164 e. The summed E-state index contributed by atoms with van der Waals surface area (Å²) in [5.74, 6) is 1.81. The van der Waals surface area contributed by atoms with Crippen LogP contribution in [0.5, 0.6) is 0 Å². The van der Waals surface area contributed by atoms with Crippen molar-refractivity contribution >= 4 is 60.5 Å². The average Bonchev–Trinajstić information content (AvgIpc) is 3.63. The summed E-state index contributed by atoms with van der Waals surface area (Å²) < 4.78 is 6.98. The van der Waals surface area contributed by atoms with Gasteiger partial charge in [-0.1, -0.05) is 140 Å². The Balaban J connectivity index is 1.30. The first-order valence-electron chi connectivity index (χ1n) is 17.4. The maximum atomic E-state index is 6.98. The number of rotatable bonds is 6. The molecule has 8 aromatic carbocycles. The van der Waals surface area contributed by atoms with Crippen molar-refractivity contribution in [2.75, 3.05) is 4.90 Å². The van der Waals surface area contributed by atoms with Gasteiger partial charge >= 0.3 is 0 Å². The highest BCUT2D eigenvalue weighted by Gasteiger charge is 2.25. The highest BCUT2D eigenvalue weighted by atomic mass is 16.3. The number of fused-ring (bicyclic) bond motifs is 6. The molecule has 0 bridgehead atoms. The van der Waals surface area contributed by atoms with Crippen LogP contribution in [-0.2, 0) is 0 Å². The summed E-state index contributed by atoms with van der Waals surface area (Å²) >= 11 is 0. The van der Waals surface area contributed by atoms with Crippen LogP contribution in [0.3, 0.4) is 0 Å². The number of nitrogens with zero attached hydrogens (tertiary/aromatic N) is 4. The number of hydrogen-bond acceptors (Lipinski definition) is 5. The van der Waals surface area contributed by atoms with Crippen LogP contribution in [-0.4, -0.2) is 15.0 Å². The Kier molecular flexibility index (Phi) is 7.07. The molecule has 0 aliphatic heterocycles. The molecule has 244 valence electrons. The smallest absolute Gasteiger partial charge is 0.164 e. The van der Waals surface area contributed by atoms with Gasteiger partial charge in [-0.15, -0.1) is 0 Å². The lowest BCUT2D eigenvalue weighted by molar-refractivity contribution is 0.669. The van der Waals surface area contributed by atoms with Gasteiger partial charge in [0.15, 0.2) is 23.1 Å². The van der Waals surface area contributed by atoms with E-state index in [1.165, 1.54) is 5.39 Å². The molecule has 0 saturated heterocycles. The van der Waals surface area contributed by atoms with E-state index in [9.17, 15) is 0 Å². The van der Waals surface area contributed by atoms with Crippen LogP contribution in [0.1, 0.15) is 0 Å². The molecule has 0 saturated carbocycles. The van der Waals surface area contributed by atoms with Crippen molar-refractivity contribution < 1.29 is 4.42 Å². The van der Waals surface area contributed by atoms with Crippen molar-refractivity contribution in [1.29, 1.82) is 0 Å². The summed E-state index contributed by atoms with van der Waals surface area (Å²) in [6, 6.07) is 62.7. The molecule has 2 heterocycles. The van der Waals surface area contributed by atoms with E-state index in [0.717, 1.165) is 71.8 Å². The van der Waals surface area contributed by atoms with Crippen LogP contribution < -0.4 is 4.90 Å². The maximum absolute atomic E-state index is 6.98. The lowest BCUT2D eigenvalue weighted by Gasteiger charge is -2.26. The first-order valence-corrected chi connectivity index (χ1v) is 17.4. The summed E-state index contributed by atoms with van der Waals surface area (Å²) in [7, 11) is 0. The third-order valence-corrected chi connectivity index (χ3v) is 9.68. The summed E-state index contributed by atoms with van der Waals surface area (Å²) in [5.41, 5.74) is 7.24. The van der Waals surface area contributed by atoms with E-state index in [1.54, 1.807) is 0 Å². The van der Waals surface area contributed by atoms with Gasteiger partial charge in [-0.05, 0) is 64.0 Å². The highest BCUT2D eigenvalue weighted by molar-refractivity contribution is 6.24. The van der Waals surface area contributed by atoms with E-state index in [1.807, 2.05) is 66.7 Å². The molecule has 10 rings (SSSR count). The Labute approximate surface area is 300 Å². The molecule has 0 unspecified atom stereocenters. The van der Waals surface area contributed by atoms with Crippen molar-refractivity contribution in [1.82, 2.24) is 15.0 Å². The molecule has 0 radical (unpaired) electrons. The normalized spacial score (nSPS) is 11.5. The lowest BCUT2D eigenvalue weighted by atomic mass is 9.99. The number of benzene rings is 8. The van der Waals surface area contributed by atoms with Crippen LogP contribution >= 0.6 is 0 Å². The second-order valence-electron chi connectivity index (χ2n) is 12.8. The molecule has 5 nitrogen and oxygen atoms in total. The fraction of sp³-hybridized carbons (Fsp3) is 0. The quantitative estimate of drug-likeness (QED) is 0.177. The highest BCUT2D eigenvalue weighted by Crippen LogP contribution is 2.47. The zero-order valence-electron chi connectivity index (χ0n) is 28.0. The number of anilines is 3. The van der Waals surface area contributed by atoms with Crippen molar-refractivity contribution in [2.45, 2.75) is 0 Å². The molecular formula is C47H30N4O. The Morgan fingerprint density at radius 2 is 0.981 bits per heavy atom. The second kappa shape index (κ2) is 12.3.